The largest absolute Gasteiger partial charge is 0.414 e. The molecule has 10 heteroatoms. The van der Waals surface area contributed by atoms with Gasteiger partial charge in [-0.05, 0) is 58.9 Å². The van der Waals surface area contributed by atoms with Crippen LogP contribution in [0.4, 0.5) is 5.82 Å². The molecule has 0 aliphatic carbocycles. The first-order chi connectivity index (χ1) is 13.9. The fraction of sp³-hybridized carbons (Fsp3) is 0.810. The Morgan fingerprint density at radius 3 is 2.23 bits per heavy atom. The molecule has 7 nitrogen and oxygen atoms in total. The number of nitrogen functional groups attached to an aromatic ring is 1. The van der Waals surface area contributed by atoms with Gasteiger partial charge < -0.3 is 19.3 Å². The first-order valence-corrected chi connectivity index (χ1v) is 17.8. The third kappa shape index (κ3) is 6.20. The number of anilines is 1. The summed E-state index contributed by atoms with van der Waals surface area (Å²) >= 11 is 2.09. The van der Waals surface area contributed by atoms with Crippen molar-refractivity contribution >= 4 is 45.0 Å². The minimum absolute atomic E-state index is 0.0743. The van der Waals surface area contributed by atoms with E-state index in [9.17, 15) is 4.79 Å². The molecular weight excluding hydrogens is 541 g/mol. The molecule has 2 heterocycles. The summed E-state index contributed by atoms with van der Waals surface area (Å²) in [4.78, 5) is 16.5. The molecule has 1 saturated heterocycles. The van der Waals surface area contributed by atoms with Crippen LogP contribution in [0.15, 0.2) is 11.0 Å². The lowest BCUT2D eigenvalue weighted by Crippen LogP contribution is -2.48. The van der Waals surface area contributed by atoms with E-state index in [1.165, 1.54) is 4.57 Å². The van der Waals surface area contributed by atoms with E-state index >= 15 is 0 Å². The van der Waals surface area contributed by atoms with Crippen LogP contribution in [0.2, 0.25) is 36.3 Å². The zero-order valence-corrected chi connectivity index (χ0v) is 24.9. The predicted molar refractivity (Wildman–Crippen MR) is 139 cm³/mol. The molecule has 0 spiro atoms. The average Bonchev–Trinajstić information content (AvgIpc) is 2.96. The van der Waals surface area contributed by atoms with Gasteiger partial charge in [0.15, 0.2) is 16.6 Å². The highest BCUT2D eigenvalue weighted by Gasteiger charge is 2.46. The highest BCUT2D eigenvalue weighted by molar-refractivity contribution is 14.1. The Morgan fingerprint density at radius 1 is 1.16 bits per heavy atom. The van der Waals surface area contributed by atoms with Crippen molar-refractivity contribution in [3.8, 4) is 0 Å². The highest BCUT2D eigenvalue weighted by Crippen LogP contribution is 2.42. The minimum Gasteiger partial charge on any atom is -0.414 e. The quantitative estimate of drug-likeness (QED) is 0.370. The maximum absolute atomic E-state index is 12.5. The lowest BCUT2D eigenvalue weighted by atomic mass is 10.2. The van der Waals surface area contributed by atoms with Crippen LogP contribution in [0.5, 0.6) is 0 Å². The summed E-state index contributed by atoms with van der Waals surface area (Å²) in [6, 6.07) is 0. The molecule has 0 radical (unpaired) electrons. The number of aromatic nitrogens is 2. The molecule has 1 fully saturated rings. The number of nitrogens with zero attached hydrogens (tertiary/aromatic N) is 2. The summed E-state index contributed by atoms with van der Waals surface area (Å²) in [5, 5.41) is 0.180. The Bertz CT molecular complexity index is 846. The second-order valence-corrected chi connectivity index (χ2v) is 22.2. The second-order valence-electron chi connectivity index (χ2n) is 11.5. The molecule has 2 rings (SSSR count). The van der Waals surface area contributed by atoms with Crippen molar-refractivity contribution in [3.05, 3.63) is 20.3 Å². The molecule has 2 N–H and O–H groups in total. The van der Waals surface area contributed by atoms with Crippen LogP contribution in [0.1, 0.15) is 54.2 Å². The summed E-state index contributed by atoms with van der Waals surface area (Å²) in [7, 11) is -3.98. The van der Waals surface area contributed by atoms with Crippen LogP contribution >= 0.6 is 22.6 Å². The van der Waals surface area contributed by atoms with Gasteiger partial charge in [0.2, 0.25) is 0 Å². The lowest BCUT2D eigenvalue weighted by Gasteiger charge is -2.40. The van der Waals surface area contributed by atoms with Crippen molar-refractivity contribution in [2.45, 2.75) is 103 Å². The molecule has 0 saturated carbocycles. The lowest BCUT2D eigenvalue weighted by molar-refractivity contribution is -0.0412. The van der Waals surface area contributed by atoms with Gasteiger partial charge in [-0.15, -0.1) is 0 Å². The van der Waals surface area contributed by atoms with Crippen LogP contribution in [0.25, 0.3) is 0 Å². The zero-order valence-electron chi connectivity index (χ0n) is 20.7. The van der Waals surface area contributed by atoms with Crippen molar-refractivity contribution in [2.24, 2.45) is 0 Å². The van der Waals surface area contributed by atoms with E-state index in [0.29, 0.717) is 13.0 Å². The van der Waals surface area contributed by atoms with Crippen LogP contribution < -0.4 is 11.4 Å². The molecule has 1 unspecified atom stereocenters. The van der Waals surface area contributed by atoms with Crippen molar-refractivity contribution in [1.29, 1.82) is 0 Å². The Labute approximate surface area is 202 Å². The van der Waals surface area contributed by atoms with Gasteiger partial charge in [0.05, 0.1) is 16.3 Å². The fourth-order valence-corrected chi connectivity index (χ4v) is 5.66. The maximum atomic E-state index is 12.5. The van der Waals surface area contributed by atoms with Gasteiger partial charge >= 0.3 is 5.69 Å². The number of nitrogens with two attached hydrogens (primary N) is 1. The fourth-order valence-electron chi connectivity index (χ4n) is 2.87. The maximum Gasteiger partial charge on any atom is 0.351 e. The van der Waals surface area contributed by atoms with Gasteiger partial charge in [0.25, 0.3) is 0 Å². The third-order valence-electron chi connectivity index (χ3n) is 7.09. The van der Waals surface area contributed by atoms with Crippen molar-refractivity contribution in [3.63, 3.8) is 0 Å². The Balaban J connectivity index is 2.31. The second kappa shape index (κ2) is 9.17. The molecule has 178 valence electrons. The predicted octanol–water partition coefficient (Wildman–Crippen LogP) is 5.13. The van der Waals surface area contributed by atoms with Gasteiger partial charge in [0.1, 0.15) is 18.1 Å². The molecule has 1 aromatic rings. The number of ether oxygens (including phenoxy) is 1. The molecule has 1 aliphatic heterocycles. The van der Waals surface area contributed by atoms with E-state index < -0.39 is 28.6 Å². The Morgan fingerprint density at radius 2 is 1.71 bits per heavy atom. The molecule has 1 aliphatic rings. The molecule has 1 aromatic heterocycles. The molecule has 0 aromatic carbocycles. The topological polar surface area (TPSA) is 88.6 Å². The van der Waals surface area contributed by atoms with Gasteiger partial charge in [-0.25, -0.2) is 4.79 Å². The summed E-state index contributed by atoms with van der Waals surface area (Å²) in [6.45, 7) is 22.8. The molecular formula is C21H40IN3O4Si2. The van der Waals surface area contributed by atoms with Crippen LogP contribution in [-0.2, 0) is 13.6 Å². The summed E-state index contributed by atoms with van der Waals surface area (Å²) in [5.74, 6) is 0.242. The summed E-state index contributed by atoms with van der Waals surface area (Å²) in [5.41, 5.74) is 5.40. The number of hydrogen-bond donors (Lipinski definition) is 1. The normalized spacial score (nSPS) is 23.4. The standard InChI is InChI=1S/C21H40IN3O4Si2/c1-20(2,3)30(7,8)27-13-16-15(29-31(9,10)21(4,5)6)11-17(28-16)25-12-14(22)18(23)24-19(25)26/h12,15-17H,11,13H2,1-10H3,(H2,23,24,26)/t15?,16-,17-/m1/s1. The van der Waals surface area contributed by atoms with Crippen molar-refractivity contribution < 1.29 is 13.6 Å². The van der Waals surface area contributed by atoms with E-state index in [0.717, 1.165) is 3.57 Å². The highest BCUT2D eigenvalue weighted by atomic mass is 127. The van der Waals surface area contributed by atoms with Crippen molar-refractivity contribution in [1.82, 2.24) is 9.55 Å². The smallest absolute Gasteiger partial charge is 0.351 e. The van der Waals surface area contributed by atoms with Gasteiger partial charge in [0, 0.05) is 12.6 Å². The van der Waals surface area contributed by atoms with E-state index in [1.54, 1.807) is 6.20 Å². The summed E-state index contributed by atoms with van der Waals surface area (Å²) < 4.78 is 21.9. The molecule has 31 heavy (non-hydrogen) atoms. The third-order valence-corrected chi connectivity index (χ3v) is 16.9. The van der Waals surface area contributed by atoms with Gasteiger partial charge in [-0.2, -0.15) is 4.98 Å². The SMILES string of the molecule is CC(C)(C)[Si](C)(C)OC[C@H]1O[C@@H](n2cc(I)c(N)nc2=O)CC1O[Si](C)(C)C(C)(C)C. The van der Waals surface area contributed by atoms with E-state index in [2.05, 4.69) is 95.3 Å². The van der Waals surface area contributed by atoms with Crippen LogP contribution in [-0.4, -0.2) is 45.0 Å². The van der Waals surface area contributed by atoms with Crippen LogP contribution in [0.3, 0.4) is 0 Å². The van der Waals surface area contributed by atoms with Gasteiger partial charge in [-0.1, -0.05) is 41.5 Å². The Hall–Kier alpha value is -0.276. The first kappa shape index (κ1) is 27.0. The average molecular weight is 582 g/mol. The van der Waals surface area contributed by atoms with Crippen molar-refractivity contribution in [2.75, 3.05) is 12.3 Å². The van der Waals surface area contributed by atoms with Crippen LogP contribution in [0, 0.1) is 3.57 Å². The number of halogens is 1. The minimum atomic E-state index is -2.04. The summed E-state index contributed by atoms with van der Waals surface area (Å²) in [6.07, 6.45) is 1.47. The number of rotatable bonds is 6. The Kier molecular flexibility index (Phi) is 7.98. The first-order valence-electron chi connectivity index (χ1n) is 10.9. The van der Waals surface area contributed by atoms with E-state index in [1.807, 2.05) is 0 Å². The molecule has 0 amide bonds. The zero-order chi connectivity index (χ0) is 24.0. The molecule has 3 atom stereocenters. The van der Waals surface area contributed by atoms with E-state index in [-0.39, 0.29) is 28.1 Å². The van der Waals surface area contributed by atoms with Gasteiger partial charge in [-0.3, -0.25) is 4.57 Å². The molecule has 0 bridgehead atoms. The monoisotopic (exact) mass is 581 g/mol. The number of hydrogen-bond acceptors (Lipinski definition) is 6. The van der Waals surface area contributed by atoms with E-state index in [4.69, 9.17) is 19.3 Å².